The first-order valence-corrected chi connectivity index (χ1v) is 9.96. The highest BCUT2D eigenvalue weighted by molar-refractivity contribution is 5.83. The van der Waals surface area contributed by atoms with E-state index in [1.165, 1.54) is 23.1 Å². The van der Waals surface area contributed by atoms with E-state index in [2.05, 4.69) is 80.1 Å². The Bertz CT molecular complexity index is 826. The van der Waals surface area contributed by atoms with Crippen LogP contribution in [0, 0.1) is 11.3 Å². The van der Waals surface area contributed by atoms with Gasteiger partial charge in [-0.2, -0.15) is 5.10 Å². The van der Waals surface area contributed by atoms with Crippen LogP contribution in [0.15, 0.2) is 30.5 Å². The van der Waals surface area contributed by atoms with Crippen LogP contribution in [0.2, 0.25) is 0 Å². The Labute approximate surface area is 157 Å². The van der Waals surface area contributed by atoms with E-state index in [1.807, 2.05) is 0 Å². The van der Waals surface area contributed by atoms with Crippen LogP contribution in [0.25, 0.3) is 16.6 Å². The molecule has 4 nitrogen and oxygen atoms in total. The van der Waals surface area contributed by atoms with Crippen molar-refractivity contribution in [3.63, 3.8) is 0 Å². The van der Waals surface area contributed by atoms with Crippen molar-refractivity contribution in [2.45, 2.75) is 52.6 Å². The smallest absolute Gasteiger partial charge is 0.0923 e. The molecule has 1 N–H and O–H groups in total. The molecule has 1 saturated heterocycles. The normalized spacial score (nSPS) is 27.6. The highest BCUT2D eigenvalue weighted by Crippen LogP contribution is 2.34. The third-order valence-corrected chi connectivity index (χ3v) is 6.08. The lowest BCUT2D eigenvalue weighted by Gasteiger charge is -2.40. The minimum Gasteiger partial charge on any atom is -0.381 e. The first-order chi connectivity index (χ1) is 12.3. The maximum absolute atomic E-state index is 4.83. The number of likely N-dealkylation sites (tertiary alicyclic amines) is 1. The molecular formula is C22H32N4. The van der Waals surface area contributed by atoms with E-state index in [0.29, 0.717) is 18.0 Å². The van der Waals surface area contributed by atoms with Crippen LogP contribution in [-0.2, 0) is 0 Å². The molecule has 0 spiro atoms. The predicted molar refractivity (Wildman–Crippen MR) is 109 cm³/mol. The Hall–Kier alpha value is -1.81. The number of rotatable bonds is 2. The standard InChI is InChI=1S/C22H32N4/c1-15-6-8-19(23-21(15)22(2,3)4)16-7-9-20-17(12-16)13-26(24-20)18-10-11-25(5)14-18/h7-9,12-13,15,18,21,23H,6,10-11,14H2,1-5H3/t15-,18-,21?/m0/s1. The zero-order chi connectivity index (χ0) is 18.5. The number of fused-ring (bicyclic) bond motifs is 1. The lowest BCUT2D eigenvalue weighted by atomic mass is 9.76. The SMILES string of the molecule is C[C@H]1CC=C(c2ccc3nn([C@H]4CCN(C)C4)cc3c2)NC1C(C)(C)C. The van der Waals surface area contributed by atoms with Gasteiger partial charge in [0.15, 0.2) is 0 Å². The van der Waals surface area contributed by atoms with Gasteiger partial charge >= 0.3 is 0 Å². The predicted octanol–water partition coefficient (Wildman–Crippen LogP) is 4.30. The highest BCUT2D eigenvalue weighted by Gasteiger charge is 2.32. The summed E-state index contributed by atoms with van der Waals surface area (Å²) in [7, 11) is 2.19. The molecule has 2 aliphatic rings. The first kappa shape index (κ1) is 17.6. The number of likely N-dealkylation sites (N-methyl/N-ethyl adjacent to an activating group) is 1. The summed E-state index contributed by atoms with van der Waals surface area (Å²) in [5.41, 5.74) is 3.91. The zero-order valence-corrected chi connectivity index (χ0v) is 16.8. The summed E-state index contributed by atoms with van der Waals surface area (Å²) in [6, 6.07) is 7.69. The van der Waals surface area contributed by atoms with Gasteiger partial charge in [-0.3, -0.25) is 4.68 Å². The lowest BCUT2D eigenvalue weighted by Crippen LogP contribution is -2.46. The fraction of sp³-hybridized carbons (Fsp3) is 0.591. The van der Waals surface area contributed by atoms with E-state index in [0.717, 1.165) is 25.0 Å². The van der Waals surface area contributed by atoms with Crippen molar-refractivity contribution in [1.82, 2.24) is 20.0 Å². The van der Waals surface area contributed by atoms with E-state index in [4.69, 9.17) is 5.10 Å². The number of nitrogens with zero attached hydrogens (tertiary/aromatic N) is 3. The Kier molecular flexibility index (Phi) is 4.34. The molecule has 0 amide bonds. The summed E-state index contributed by atoms with van der Waals surface area (Å²) < 4.78 is 2.18. The molecular weight excluding hydrogens is 320 g/mol. The van der Waals surface area contributed by atoms with Crippen LogP contribution in [0.3, 0.4) is 0 Å². The summed E-state index contributed by atoms with van der Waals surface area (Å²) in [6.45, 7) is 11.6. The van der Waals surface area contributed by atoms with E-state index in [-0.39, 0.29) is 5.41 Å². The van der Waals surface area contributed by atoms with Crippen LogP contribution in [-0.4, -0.2) is 40.9 Å². The summed E-state index contributed by atoms with van der Waals surface area (Å²) in [5, 5.41) is 9.89. The minimum absolute atomic E-state index is 0.252. The number of hydrogen-bond acceptors (Lipinski definition) is 3. The topological polar surface area (TPSA) is 33.1 Å². The zero-order valence-electron chi connectivity index (χ0n) is 16.8. The average molecular weight is 353 g/mol. The number of nitrogens with one attached hydrogen (secondary N) is 1. The molecule has 140 valence electrons. The van der Waals surface area contributed by atoms with Crippen molar-refractivity contribution < 1.29 is 0 Å². The Morgan fingerprint density at radius 3 is 2.73 bits per heavy atom. The summed E-state index contributed by atoms with van der Waals surface area (Å²) in [6.07, 6.45) is 6.92. The van der Waals surface area contributed by atoms with E-state index < -0.39 is 0 Å². The second-order valence-corrected chi connectivity index (χ2v) is 9.41. The van der Waals surface area contributed by atoms with Crippen molar-refractivity contribution in [3.05, 3.63) is 36.0 Å². The molecule has 3 atom stereocenters. The monoisotopic (exact) mass is 352 g/mol. The molecule has 2 aliphatic heterocycles. The van der Waals surface area contributed by atoms with Gasteiger partial charge in [0.05, 0.1) is 11.6 Å². The molecule has 0 bridgehead atoms. The van der Waals surface area contributed by atoms with Crippen LogP contribution in [0.5, 0.6) is 0 Å². The first-order valence-electron chi connectivity index (χ1n) is 9.96. The molecule has 1 unspecified atom stereocenters. The van der Waals surface area contributed by atoms with E-state index in [9.17, 15) is 0 Å². The minimum atomic E-state index is 0.252. The maximum atomic E-state index is 4.83. The molecule has 0 radical (unpaired) electrons. The molecule has 4 heteroatoms. The molecule has 0 aliphatic carbocycles. The molecule has 26 heavy (non-hydrogen) atoms. The van der Waals surface area contributed by atoms with Crippen LogP contribution >= 0.6 is 0 Å². The Balaban J connectivity index is 1.61. The van der Waals surface area contributed by atoms with Gasteiger partial charge in [0.25, 0.3) is 0 Å². The Morgan fingerprint density at radius 2 is 2.04 bits per heavy atom. The number of aromatic nitrogens is 2. The van der Waals surface area contributed by atoms with Gasteiger partial charge in [-0.25, -0.2) is 0 Å². The van der Waals surface area contributed by atoms with Crippen molar-refractivity contribution in [2.24, 2.45) is 11.3 Å². The van der Waals surface area contributed by atoms with Crippen LogP contribution in [0.1, 0.15) is 52.1 Å². The van der Waals surface area contributed by atoms with E-state index in [1.54, 1.807) is 0 Å². The third-order valence-electron chi connectivity index (χ3n) is 6.08. The number of hydrogen-bond donors (Lipinski definition) is 1. The molecule has 4 rings (SSSR count). The van der Waals surface area contributed by atoms with Gasteiger partial charge in [-0.1, -0.05) is 39.8 Å². The van der Waals surface area contributed by atoms with Gasteiger partial charge in [-0.15, -0.1) is 0 Å². The molecule has 1 fully saturated rings. The van der Waals surface area contributed by atoms with Crippen LogP contribution in [0.4, 0.5) is 0 Å². The molecule has 1 aromatic carbocycles. The summed E-state index contributed by atoms with van der Waals surface area (Å²) >= 11 is 0. The van der Waals surface area contributed by atoms with E-state index >= 15 is 0 Å². The molecule has 3 heterocycles. The number of allylic oxidation sites excluding steroid dienone is 1. The largest absolute Gasteiger partial charge is 0.381 e. The highest BCUT2D eigenvalue weighted by atomic mass is 15.3. The fourth-order valence-corrected chi connectivity index (χ4v) is 4.61. The number of benzene rings is 1. The van der Waals surface area contributed by atoms with Crippen molar-refractivity contribution >= 4 is 16.6 Å². The van der Waals surface area contributed by atoms with Gasteiger partial charge in [0, 0.05) is 29.9 Å². The van der Waals surface area contributed by atoms with Crippen molar-refractivity contribution in [1.29, 1.82) is 0 Å². The van der Waals surface area contributed by atoms with Gasteiger partial charge in [0.1, 0.15) is 0 Å². The third kappa shape index (κ3) is 3.27. The lowest BCUT2D eigenvalue weighted by molar-refractivity contribution is 0.217. The Morgan fingerprint density at radius 1 is 1.23 bits per heavy atom. The molecule has 2 aromatic rings. The molecule has 1 aromatic heterocycles. The maximum Gasteiger partial charge on any atom is 0.0923 e. The fourth-order valence-electron chi connectivity index (χ4n) is 4.61. The summed E-state index contributed by atoms with van der Waals surface area (Å²) in [4.78, 5) is 2.38. The summed E-state index contributed by atoms with van der Waals surface area (Å²) in [5.74, 6) is 0.657. The second kappa shape index (κ2) is 6.41. The van der Waals surface area contributed by atoms with Gasteiger partial charge in [-0.05, 0) is 55.5 Å². The molecule has 0 saturated carbocycles. The quantitative estimate of drug-likeness (QED) is 0.875. The van der Waals surface area contributed by atoms with Crippen molar-refractivity contribution in [3.8, 4) is 0 Å². The van der Waals surface area contributed by atoms with Crippen LogP contribution < -0.4 is 5.32 Å². The average Bonchev–Trinajstić information content (AvgIpc) is 3.19. The second-order valence-electron chi connectivity index (χ2n) is 9.41. The van der Waals surface area contributed by atoms with Gasteiger partial charge in [0.2, 0.25) is 0 Å². The van der Waals surface area contributed by atoms with Gasteiger partial charge < -0.3 is 10.2 Å². The van der Waals surface area contributed by atoms with Crippen molar-refractivity contribution in [2.75, 3.05) is 20.1 Å².